The molecule has 0 aliphatic carbocycles. The molecule has 0 fully saturated rings. The first-order chi connectivity index (χ1) is 14.2. The van der Waals surface area contributed by atoms with Crippen molar-refractivity contribution in [3.05, 3.63) is 65.4 Å². The van der Waals surface area contributed by atoms with Gasteiger partial charge >= 0.3 is 0 Å². The number of nitrogens with zero attached hydrogens (tertiary/aromatic N) is 3. The van der Waals surface area contributed by atoms with Crippen LogP contribution in [0.2, 0.25) is 0 Å². The van der Waals surface area contributed by atoms with Gasteiger partial charge in [-0.2, -0.15) is 0 Å². The number of hydrogen-bond donors (Lipinski definition) is 0. The predicted octanol–water partition coefficient (Wildman–Crippen LogP) is 3.82. The van der Waals surface area contributed by atoms with E-state index in [0.717, 1.165) is 27.7 Å². The van der Waals surface area contributed by atoms with E-state index in [9.17, 15) is 4.79 Å². The van der Waals surface area contributed by atoms with Crippen molar-refractivity contribution < 1.29 is 14.3 Å². The summed E-state index contributed by atoms with van der Waals surface area (Å²) in [7, 11) is 1.63. The molecule has 0 radical (unpaired) electrons. The third kappa shape index (κ3) is 5.85. The highest BCUT2D eigenvalue weighted by atomic mass is 32.1. The molecule has 0 spiro atoms. The van der Waals surface area contributed by atoms with Crippen molar-refractivity contribution in [2.45, 2.75) is 19.9 Å². The monoisotopic (exact) mass is 411 g/mol. The fourth-order valence-electron chi connectivity index (χ4n) is 2.88. The molecule has 0 aliphatic heterocycles. The first kappa shape index (κ1) is 21.0. The Hall–Kier alpha value is -2.77. The van der Waals surface area contributed by atoms with E-state index in [0.29, 0.717) is 26.3 Å². The number of ether oxygens (including phenoxy) is 2. The number of methoxy groups -OCH3 is 1. The van der Waals surface area contributed by atoms with Crippen molar-refractivity contribution in [2.24, 2.45) is 0 Å². The van der Waals surface area contributed by atoms with Crippen molar-refractivity contribution >= 4 is 17.2 Å². The Bertz CT molecular complexity index is 914. The first-order valence-electron chi connectivity index (χ1n) is 9.54. The smallest absolute Gasteiger partial charge is 0.229 e. The molecule has 3 rings (SSSR count). The Kier molecular flexibility index (Phi) is 7.72. The van der Waals surface area contributed by atoms with Crippen LogP contribution in [0, 0.1) is 0 Å². The number of amides is 1. The fourth-order valence-corrected chi connectivity index (χ4v) is 3.73. The number of rotatable bonds is 10. The van der Waals surface area contributed by atoms with Gasteiger partial charge in [-0.3, -0.25) is 9.78 Å². The molecule has 0 saturated heterocycles. The normalized spacial score (nSPS) is 10.7. The van der Waals surface area contributed by atoms with Crippen LogP contribution in [0.25, 0.3) is 10.6 Å². The predicted molar refractivity (Wildman–Crippen MR) is 114 cm³/mol. The van der Waals surface area contributed by atoms with Crippen molar-refractivity contribution in [1.82, 2.24) is 14.9 Å². The van der Waals surface area contributed by atoms with Crippen LogP contribution >= 0.6 is 11.3 Å². The lowest BCUT2D eigenvalue weighted by atomic mass is 10.2. The molecule has 0 aliphatic rings. The number of aromatic nitrogens is 2. The summed E-state index contributed by atoms with van der Waals surface area (Å²) in [5.41, 5.74) is 2.55. The molecule has 0 atom stereocenters. The zero-order valence-corrected chi connectivity index (χ0v) is 17.5. The first-order valence-corrected chi connectivity index (χ1v) is 10.4. The quantitative estimate of drug-likeness (QED) is 0.507. The number of carbonyl (C=O) groups is 1. The van der Waals surface area contributed by atoms with E-state index < -0.39 is 0 Å². The van der Waals surface area contributed by atoms with E-state index in [2.05, 4.69) is 9.97 Å². The molecule has 2 aromatic heterocycles. The Labute approximate surface area is 175 Å². The van der Waals surface area contributed by atoms with Gasteiger partial charge in [0, 0.05) is 25.2 Å². The summed E-state index contributed by atoms with van der Waals surface area (Å²) in [6.07, 6.45) is 1.97. The zero-order chi connectivity index (χ0) is 20.5. The standard InChI is InChI=1S/C22H25N3O3S/c1-3-28-20-10-5-4-9-19(20)22-24-18(16-29-22)14-21(26)25(12-13-27-2)15-17-8-6-7-11-23-17/h4-11,16H,3,12-15H2,1-2H3. The maximum Gasteiger partial charge on any atom is 0.229 e. The van der Waals surface area contributed by atoms with Gasteiger partial charge in [-0.15, -0.1) is 11.3 Å². The van der Waals surface area contributed by atoms with Gasteiger partial charge < -0.3 is 14.4 Å². The largest absolute Gasteiger partial charge is 0.493 e. The van der Waals surface area contributed by atoms with Crippen LogP contribution < -0.4 is 4.74 Å². The molecule has 1 aromatic carbocycles. The van der Waals surface area contributed by atoms with E-state index in [4.69, 9.17) is 9.47 Å². The third-order valence-corrected chi connectivity index (χ3v) is 5.22. The lowest BCUT2D eigenvalue weighted by Gasteiger charge is -2.21. The van der Waals surface area contributed by atoms with Gasteiger partial charge in [0.25, 0.3) is 0 Å². The van der Waals surface area contributed by atoms with Crippen LogP contribution in [-0.2, 0) is 22.5 Å². The number of hydrogen-bond acceptors (Lipinski definition) is 6. The molecule has 0 unspecified atom stereocenters. The molecule has 3 aromatic rings. The molecule has 0 N–H and O–H groups in total. The molecule has 0 saturated carbocycles. The fraction of sp³-hybridized carbons (Fsp3) is 0.318. The van der Waals surface area contributed by atoms with Crippen molar-refractivity contribution in [3.63, 3.8) is 0 Å². The van der Waals surface area contributed by atoms with Crippen molar-refractivity contribution in [2.75, 3.05) is 26.9 Å². The lowest BCUT2D eigenvalue weighted by Crippen LogP contribution is -2.34. The summed E-state index contributed by atoms with van der Waals surface area (Å²) in [6.45, 7) is 3.99. The highest BCUT2D eigenvalue weighted by molar-refractivity contribution is 7.13. The van der Waals surface area contributed by atoms with Gasteiger partial charge in [-0.05, 0) is 31.2 Å². The number of para-hydroxylation sites is 1. The summed E-state index contributed by atoms with van der Waals surface area (Å²) in [6, 6.07) is 13.5. The third-order valence-electron chi connectivity index (χ3n) is 4.30. The minimum Gasteiger partial charge on any atom is -0.493 e. The summed E-state index contributed by atoms with van der Waals surface area (Å²) < 4.78 is 10.9. The summed E-state index contributed by atoms with van der Waals surface area (Å²) in [5.74, 6) is 0.807. The summed E-state index contributed by atoms with van der Waals surface area (Å²) in [4.78, 5) is 23.7. The van der Waals surface area contributed by atoms with Crippen LogP contribution in [0.3, 0.4) is 0 Å². The van der Waals surface area contributed by atoms with E-state index >= 15 is 0 Å². The average Bonchev–Trinajstić information content (AvgIpc) is 3.20. The lowest BCUT2D eigenvalue weighted by molar-refractivity contribution is -0.131. The SMILES string of the molecule is CCOc1ccccc1-c1nc(CC(=O)N(CCOC)Cc2ccccn2)cs1. The number of benzene rings is 1. The summed E-state index contributed by atoms with van der Waals surface area (Å²) in [5, 5.41) is 2.79. The Morgan fingerprint density at radius 2 is 1.97 bits per heavy atom. The molecule has 29 heavy (non-hydrogen) atoms. The van der Waals surface area contributed by atoms with Gasteiger partial charge in [0.05, 0.1) is 43.1 Å². The van der Waals surface area contributed by atoms with E-state index in [-0.39, 0.29) is 12.3 Å². The van der Waals surface area contributed by atoms with Gasteiger partial charge in [-0.25, -0.2) is 4.98 Å². The number of thiazole rings is 1. The molecule has 7 heteroatoms. The topological polar surface area (TPSA) is 64.5 Å². The minimum atomic E-state index is 0.00245. The summed E-state index contributed by atoms with van der Waals surface area (Å²) >= 11 is 1.52. The van der Waals surface area contributed by atoms with E-state index in [1.165, 1.54) is 11.3 Å². The molecule has 2 heterocycles. The highest BCUT2D eigenvalue weighted by Crippen LogP contribution is 2.32. The van der Waals surface area contributed by atoms with Crippen LogP contribution in [0.4, 0.5) is 0 Å². The number of carbonyl (C=O) groups excluding carboxylic acids is 1. The second kappa shape index (κ2) is 10.7. The second-order valence-electron chi connectivity index (χ2n) is 6.38. The van der Waals surface area contributed by atoms with Crippen molar-refractivity contribution in [1.29, 1.82) is 0 Å². The van der Waals surface area contributed by atoms with E-state index in [1.807, 2.05) is 54.8 Å². The van der Waals surface area contributed by atoms with Gasteiger partial charge in [0.1, 0.15) is 10.8 Å². The maximum atomic E-state index is 12.9. The maximum absolute atomic E-state index is 12.9. The van der Waals surface area contributed by atoms with Crippen LogP contribution in [0.1, 0.15) is 18.3 Å². The molecule has 6 nitrogen and oxygen atoms in total. The van der Waals surface area contributed by atoms with Gasteiger partial charge in [0.15, 0.2) is 0 Å². The van der Waals surface area contributed by atoms with Crippen LogP contribution in [0.5, 0.6) is 5.75 Å². The molecular formula is C22H25N3O3S. The molecule has 152 valence electrons. The molecule has 0 bridgehead atoms. The Morgan fingerprint density at radius 1 is 1.14 bits per heavy atom. The van der Waals surface area contributed by atoms with Gasteiger partial charge in [-0.1, -0.05) is 18.2 Å². The zero-order valence-electron chi connectivity index (χ0n) is 16.7. The van der Waals surface area contributed by atoms with Crippen LogP contribution in [-0.4, -0.2) is 47.6 Å². The van der Waals surface area contributed by atoms with Gasteiger partial charge in [0.2, 0.25) is 5.91 Å². The van der Waals surface area contributed by atoms with Crippen LogP contribution in [0.15, 0.2) is 54.0 Å². The molecule has 1 amide bonds. The number of pyridine rings is 1. The van der Waals surface area contributed by atoms with Crippen molar-refractivity contribution in [3.8, 4) is 16.3 Å². The molecular weight excluding hydrogens is 386 g/mol. The minimum absolute atomic E-state index is 0.00245. The highest BCUT2D eigenvalue weighted by Gasteiger charge is 2.18. The second-order valence-corrected chi connectivity index (χ2v) is 7.24. The Morgan fingerprint density at radius 3 is 2.72 bits per heavy atom. The Balaban J connectivity index is 1.72. The average molecular weight is 412 g/mol. The van der Waals surface area contributed by atoms with E-state index in [1.54, 1.807) is 18.2 Å².